The van der Waals surface area contributed by atoms with Crippen LogP contribution in [0.4, 0.5) is 0 Å². The molecular weight excluding hydrogens is 691 g/mol. The van der Waals surface area contributed by atoms with Crippen molar-refractivity contribution in [3.63, 3.8) is 0 Å². The lowest BCUT2D eigenvalue weighted by Gasteiger charge is -2.14. The van der Waals surface area contributed by atoms with Crippen LogP contribution in [-0.4, -0.2) is 13.7 Å². The molecule has 0 aliphatic rings. The molecule has 57 heavy (non-hydrogen) atoms. The van der Waals surface area contributed by atoms with Gasteiger partial charge < -0.3 is 13.7 Å². The summed E-state index contributed by atoms with van der Waals surface area (Å²) in [6.45, 7) is 0. The molecule has 0 aliphatic carbocycles. The maximum absolute atomic E-state index is 2.45. The van der Waals surface area contributed by atoms with Crippen molar-refractivity contribution in [1.29, 1.82) is 0 Å². The minimum atomic E-state index is 1.15. The number of nitrogens with zero attached hydrogens (tertiary/aromatic N) is 3. The van der Waals surface area contributed by atoms with Crippen LogP contribution >= 0.6 is 0 Å². The molecule has 0 bridgehead atoms. The quantitative estimate of drug-likeness (QED) is 0.161. The van der Waals surface area contributed by atoms with Gasteiger partial charge in [-0.05, 0) is 105 Å². The monoisotopic (exact) mass is 723 g/mol. The Balaban J connectivity index is 1.03. The van der Waals surface area contributed by atoms with Gasteiger partial charge in [-0.3, -0.25) is 0 Å². The van der Waals surface area contributed by atoms with Crippen LogP contribution in [0.25, 0.3) is 115 Å². The largest absolute Gasteiger partial charge is 0.309 e. The first kappa shape index (κ1) is 30.7. The van der Waals surface area contributed by atoms with Crippen LogP contribution < -0.4 is 0 Å². The van der Waals surface area contributed by atoms with Crippen LogP contribution in [0.3, 0.4) is 0 Å². The molecule has 3 nitrogen and oxygen atoms in total. The zero-order chi connectivity index (χ0) is 37.2. The number of para-hydroxylation sites is 4. The topological polar surface area (TPSA) is 14.8 Å². The van der Waals surface area contributed by atoms with E-state index < -0.39 is 0 Å². The number of aromatic nitrogens is 3. The van der Waals surface area contributed by atoms with Gasteiger partial charge in [-0.1, -0.05) is 127 Å². The summed E-state index contributed by atoms with van der Waals surface area (Å²) in [5, 5.41) is 15.2. The van der Waals surface area contributed by atoms with E-state index in [-0.39, 0.29) is 0 Å². The number of benzene rings is 10. The Hall–Kier alpha value is -7.62. The summed E-state index contributed by atoms with van der Waals surface area (Å²) >= 11 is 0. The van der Waals surface area contributed by atoms with Gasteiger partial charge in [-0.25, -0.2) is 0 Å². The summed E-state index contributed by atoms with van der Waals surface area (Å²) in [6, 6.07) is 73.8. The van der Waals surface area contributed by atoms with Crippen LogP contribution in [0.5, 0.6) is 0 Å². The van der Waals surface area contributed by atoms with Crippen LogP contribution in [0.1, 0.15) is 0 Å². The average Bonchev–Trinajstić information content (AvgIpc) is 3.91. The lowest BCUT2D eigenvalue weighted by atomic mass is 9.94. The Morgan fingerprint density at radius 2 is 0.421 bits per heavy atom. The first-order valence-electron chi connectivity index (χ1n) is 19.7. The van der Waals surface area contributed by atoms with Crippen molar-refractivity contribution in [2.45, 2.75) is 0 Å². The lowest BCUT2D eigenvalue weighted by molar-refractivity contribution is 1.16. The van der Waals surface area contributed by atoms with E-state index in [0.717, 1.165) is 17.1 Å². The third-order valence-electron chi connectivity index (χ3n) is 12.4. The molecule has 0 fully saturated rings. The smallest absolute Gasteiger partial charge is 0.0542 e. The van der Waals surface area contributed by atoms with E-state index in [4.69, 9.17) is 0 Å². The summed E-state index contributed by atoms with van der Waals surface area (Å²) in [5.41, 5.74) is 10.7. The van der Waals surface area contributed by atoms with Gasteiger partial charge in [0.2, 0.25) is 0 Å². The van der Waals surface area contributed by atoms with Crippen LogP contribution in [0.15, 0.2) is 200 Å². The fraction of sp³-hybridized carbons (Fsp3) is 0. The highest BCUT2D eigenvalue weighted by Crippen LogP contribution is 2.41. The van der Waals surface area contributed by atoms with Gasteiger partial charge in [0.15, 0.2) is 0 Å². The molecule has 0 saturated heterocycles. The molecule has 0 atom stereocenters. The molecule has 0 aliphatic heterocycles. The Kier molecular flexibility index (Phi) is 6.16. The second kappa shape index (κ2) is 11.5. The molecule has 3 aromatic heterocycles. The van der Waals surface area contributed by atoms with Crippen molar-refractivity contribution >= 4 is 97.7 Å². The molecule has 0 radical (unpaired) electrons. The molecule has 13 rings (SSSR count). The Morgan fingerprint density at radius 1 is 0.175 bits per heavy atom. The summed E-state index contributed by atoms with van der Waals surface area (Å²) in [6.07, 6.45) is 0. The van der Waals surface area contributed by atoms with E-state index in [0.29, 0.717) is 0 Å². The van der Waals surface area contributed by atoms with Gasteiger partial charge in [-0.2, -0.15) is 0 Å². The maximum atomic E-state index is 2.45. The molecule has 10 aromatic carbocycles. The molecule has 0 amide bonds. The molecule has 0 unspecified atom stereocenters. The Labute approximate surface area is 327 Å². The second-order valence-electron chi connectivity index (χ2n) is 15.3. The van der Waals surface area contributed by atoms with Crippen LogP contribution in [0, 0.1) is 0 Å². The minimum absolute atomic E-state index is 1.15. The molecule has 0 spiro atoms. The maximum Gasteiger partial charge on any atom is 0.0542 e. The molecule has 0 saturated carbocycles. The number of rotatable bonds is 3. The fourth-order valence-corrected chi connectivity index (χ4v) is 9.99. The molecule has 3 heterocycles. The predicted molar refractivity (Wildman–Crippen MR) is 242 cm³/mol. The molecule has 13 aromatic rings. The van der Waals surface area contributed by atoms with Crippen molar-refractivity contribution in [2.24, 2.45) is 0 Å². The van der Waals surface area contributed by atoms with Crippen molar-refractivity contribution < 1.29 is 0 Å². The normalized spacial score (nSPS) is 12.2. The van der Waals surface area contributed by atoms with Gasteiger partial charge in [0.25, 0.3) is 0 Å². The van der Waals surface area contributed by atoms with Crippen molar-refractivity contribution in [1.82, 2.24) is 13.7 Å². The van der Waals surface area contributed by atoms with Crippen LogP contribution in [0.2, 0.25) is 0 Å². The fourth-order valence-electron chi connectivity index (χ4n) is 9.99. The summed E-state index contributed by atoms with van der Waals surface area (Å²) in [4.78, 5) is 0. The average molecular weight is 724 g/mol. The van der Waals surface area contributed by atoms with E-state index >= 15 is 0 Å². The Morgan fingerprint density at radius 3 is 0.807 bits per heavy atom. The number of hydrogen-bond acceptors (Lipinski definition) is 0. The van der Waals surface area contributed by atoms with Gasteiger partial charge in [-0.15, -0.1) is 0 Å². The van der Waals surface area contributed by atoms with Gasteiger partial charge in [0, 0.05) is 49.4 Å². The molecular formula is C54H33N3. The zero-order valence-corrected chi connectivity index (χ0v) is 30.9. The van der Waals surface area contributed by atoms with Gasteiger partial charge in [0.05, 0.1) is 33.1 Å². The first-order valence-corrected chi connectivity index (χ1v) is 19.7. The molecule has 264 valence electrons. The predicted octanol–water partition coefficient (Wildman–Crippen LogP) is 14.4. The van der Waals surface area contributed by atoms with Crippen molar-refractivity contribution in [2.75, 3.05) is 0 Å². The van der Waals surface area contributed by atoms with Gasteiger partial charge in [0.1, 0.15) is 0 Å². The first-order chi connectivity index (χ1) is 28.3. The third-order valence-corrected chi connectivity index (χ3v) is 12.4. The van der Waals surface area contributed by atoms with E-state index in [1.54, 1.807) is 0 Å². The highest BCUT2D eigenvalue weighted by molar-refractivity contribution is 6.26. The highest BCUT2D eigenvalue weighted by Gasteiger charge is 2.19. The van der Waals surface area contributed by atoms with E-state index in [9.17, 15) is 0 Å². The van der Waals surface area contributed by atoms with Crippen LogP contribution in [-0.2, 0) is 0 Å². The minimum Gasteiger partial charge on any atom is -0.309 e. The highest BCUT2D eigenvalue weighted by atomic mass is 15.0. The van der Waals surface area contributed by atoms with E-state index in [1.165, 1.54) is 97.7 Å². The van der Waals surface area contributed by atoms with E-state index in [2.05, 4.69) is 214 Å². The standard InChI is InChI=1S/C54H33N3/c1-2-15-39-37(13-1)38-14-3-4-16-40(38)46-31-34(25-28-41(39)46)56-51-23-11-7-19-44(51)48-33-36(27-30-53(48)56)57-52-24-12-8-20-45(52)47-32-35(26-29-54(47)57)55-49-21-9-5-17-42(49)43-18-6-10-22-50(43)55/h1-33H. The lowest BCUT2D eigenvalue weighted by Crippen LogP contribution is -1.97. The summed E-state index contributed by atoms with van der Waals surface area (Å²) < 4.78 is 7.30. The molecule has 0 N–H and O–H groups in total. The van der Waals surface area contributed by atoms with Crippen molar-refractivity contribution in [3.8, 4) is 17.1 Å². The molecule has 3 heteroatoms. The number of hydrogen-bond donors (Lipinski definition) is 0. The number of fused-ring (bicyclic) bond motifs is 15. The van der Waals surface area contributed by atoms with Crippen molar-refractivity contribution in [3.05, 3.63) is 200 Å². The third kappa shape index (κ3) is 4.20. The second-order valence-corrected chi connectivity index (χ2v) is 15.3. The van der Waals surface area contributed by atoms with E-state index in [1.807, 2.05) is 0 Å². The summed E-state index contributed by atoms with van der Waals surface area (Å²) in [7, 11) is 0. The van der Waals surface area contributed by atoms with Gasteiger partial charge >= 0.3 is 0 Å². The Bertz CT molecular complexity index is 3730. The zero-order valence-electron chi connectivity index (χ0n) is 30.9. The SMILES string of the molecule is c1ccc2c(c1)c1ccccc1c1cc(-n3c4ccccc4c4cc(-n5c6ccccc6c6cc(-n7c8ccccc8c8ccccc87)ccc65)ccc43)ccc21. The summed E-state index contributed by atoms with van der Waals surface area (Å²) in [5.74, 6) is 0.